The van der Waals surface area contributed by atoms with E-state index in [1.165, 1.54) is 7.11 Å². The number of nitrogens with one attached hydrogen (secondary N) is 1. The van der Waals surface area contributed by atoms with Gasteiger partial charge in [-0.05, 0) is 53.1 Å². The molecular formula is C16H34N2O2. The summed E-state index contributed by atoms with van der Waals surface area (Å²) >= 11 is 0. The lowest BCUT2D eigenvalue weighted by Crippen LogP contribution is -2.55. The van der Waals surface area contributed by atoms with Gasteiger partial charge in [0.1, 0.15) is 5.54 Å². The van der Waals surface area contributed by atoms with Crippen molar-refractivity contribution in [1.82, 2.24) is 10.2 Å². The Labute approximate surface area is 125 Å². The Bertz CT molecular complexity index is 294. The molecule has 0 saturated heterocycles. The van der Waals surface area contributed by atoms with Crippen LogP contribution in [-0.4, -0.2) is 49.2 Å². The van der Waals surface area contributed by atoms with Crippen molar-refractivity contribution in [3.05, 3.63) is 0 Å². The van der Waals surface area contributed by atoms with E-state index in [1.54, 1.807) is 0 Å². The third kappa shape index (κ3) is 5.41. The van der Waals surface area contributed by atoms with Crippen LogP contribution in [0.4, 0.5) is 0 Å². The molecule has 120 valence electrons. The minimum atomic E-state index is -0.616. The molecule has 0 spiro atoms. The zero-order valence-corrected chi connectivity index (χ0v) is 14.6. The van der Waals surface area contributed by atoms with Gasteiger partial charge in [-0.1, -0.05) is 20.8 Å². The molecule has 0 aromatic heterocycles. The monoisotopic (exact) mass is 286 g/mol. The molecule has 0 saturated carbocycles. The number of carbonyl (C=O) groups is 1. The van der Waals surface area contributed by atoms with E-state index in [2.05, 4.69) is 51.9 Å². The van der Waals surface area contributed by atoms with E-state index >= 15 is 0 Å². The van der Waals surface area contributed by atoms with Gasteiger partial charge in [-0.2, -0.15) is 0 Å². The van der Waals surface area contributed by atoms with Gasteiger partial charge in [0.25, 0.3) is 0 Å². The van der Waals surface area contributed by atoms with Crippen LogP contribution in [0.1, 0.15) is 54.4 Å². The van der Waals surface area contributed by atoms with Crippen molar-refractivity contribution >= 4 is 5.97 Å². The fourth-order valence-electron chi connectivity index (χ4n) is 2.46. The van der Waals surface area contributed by atoms with Gasteiger partial charge in [0, 0.05) is 12.1 Å². The Morgan fingerprint density at radius 1 is 1.30 bits per heavy atom. The maximum Gasteiger partial charge on any atom is 0.325 e. The summed E-state index contributed by atoms with van der Waals surface area (Å²) in [5.41, 5.74) is -0.616. The van der Waals surface area contributed by atoms with Crippen molar-refractivity contribution in [2.75, 3.05) is 20.7 Å². The highest BCUT2D eigenvalue weighted by Gasteiger charge is 2.36. The standard InChI is InChI=1S/C16H34N2O2/c1-9-10-17-16(6,15(19)20-8)11-13(4)18(7)14(5)12(2)3/h12-14,17H,9-11H2,1-8H3. The molecule has 4 nitrogen and oxygen atoms in total. The molecule has 0 aliphatic carbocycles. The zero-order chi connectivity index (χ0) is 15.9. The lowest BCUT2D eigenvalue weighted by atomic mass is 9.91. The molecule has 0 radical (unpaired) electrons. The molecule has 3 atom stereocenters. The average Bonchev–Trinajstić information content (AvgIpc) is 2.42. The maximum absolute atomic E-state index is 12.1. The second-order valence-electron chi connectivity index (χ2n) is 6.45. The maximum atomic E-state index is 12.1. The van der Waals surface area contributed by atoms with Crippen LogP contribution in [0.25, 0.3) is 0 Å². The third-order valence-corrected chi connectivity index (χ3v) is 4.41. The smallest absolute Gasteiger partial charge is 0.325 e. The van der Waals surface area contributed by atoms with Gasteiger partial charge in [0.05, 0.1) is 7.11 Å². The Morgan fingerprint density at radius 2 is 1.85 bits per heavy atom. The zero-order valence-electron chi connectivity index (χ0n) is 14.6. The highest BCUT2D eigenvalue weighted by molar-refractivity contribution is 5.80. The van der Waals surface area contributed by atoms with E-state index in [0.29, 0.717) is 18.0 Å². The molecule has 1 N–H and O–H groups in total. The van der Waals surface area contributed by atoms with Crippen molar-refractivity contribution < 1.29 is 9.53 Å². The third-order valence-electron chi connectivity index (χ3n) is 4.41. The first-order valence-electron chi connectivity index (χ1n) is 7.75. The Hall–Kier alpha value is -0.610. The topological polar surface area (TPSA) is 41.6 Å². The molecule has 20 heavy (non-hydrogen) atoms. The van der Waals surface area contributed by atoms with Crippen LogP contribution in [0.2, 0.25) is 0 Å². The minimum absolute atomic E-state index is 0.177. The van der Waals surface area contributed by atoms with E-state index in [1.807, 2.05) is 6.92 Å². The van der Waals surface area contributed by atoms with Gasteiger partial charge in [0.2, 0.25) is 0 Å². The summed E-state index contributed by atoms with van der Waals surface area (Å²) in [5, 5.41) is 3.35. The summed E-state index contributed by atoms with van der Waals surface area (Å²) in [5.74, 6) is 0.416. The summed E-state index contributed by atoms with van der Waals surface area (Å²) in [4.78, 5) is 14.4. The van der Waals surface area contributed by atoms with Gasteiger partial charge in [-0.3, -0.25) is 4.79 Å². The average molecular weight is 286 g/mol. The quantitative estimate of drug-likeness (QED) is 0.662. The normalized spacial score (nSPS) is 17.9. The van der Waals surface area contributed by atoms with E-state index in [4.69, 9.17) is 4.74 Å². The lowest BCUT2D eigenvalue weighted by molar-refractivity contribution is -0.148. The predicted molar refractivity (Wildman–Crippen MR) is 84.9 cm³/mol. The van der Waals surface area contributed by atoms with Crippen LogP contribution < -0.4 is 5.32 Å². The summed E-state index contributed by atoms with van der Waals surface area (Å²) in [7, 11) is 3.59. The second kappa shape index (κ2) is 8.63. The number of esters is 1. The molecule has 0 bridgehead atoms. The van der Waals surface area contributed by atoms with Crippen molar-refractivity contribution in [3.63, 3.8) is 0 Å². The van der Waals surface area contributed by atoms with Gasteiger partial charge in [-0.25, -0.2) is 0 Å². The predicted octanol–water partition coefficient (Wildman–Crippen LogP) is 2.67. The number of ether oxygens (including phenoxy) is 1. The molecule has 4 heteroatoms. The molecule has 0 heterocycles. The summed E-state index contributed by atoms with van der Waals surface area (Å²) in [6, 6.07) is 0.791. The van der Waals surface area contributed by atoms with E-state index in [0.717, 1.165) is 19.4 Å². The number of hydrogen-bond acceptors (Lipinski definition) is 4. The summed E-state index contributed by atoms with van der Waals surface area (Å²) < 4.78 is 4.98. The molecular weight excluding hydrogens is 252 g/mol. The fourth-order valence-corrected chi connectivity index (χ4v) is 2.46. The van der Waals surface area contributed by atoms with E-state index in [-0.39, 0.29) is 5.97 Å². The molecule has 0 aromatic rings. The number of hydrogen-bond donors (Lipinski definition) is 1. The Kier molecular flexibility index (Phi) is 8.36. The molecule has 0 aliphatic rings. The Balaban J connectivity index is 4.84. The summed E-state index contributed by atoms with van der Waals surface area (Å²) in [6.07, 6.45) is 1.74. The van der Waals surface area contributed by atoms with Crippen LogP contribution in [0.5, 0.6) is 0 Å². The molecule has 0 amide bonds. The molecule has 0 rings (SSSR count). The first kappa shape index (κ1) is 19.4. The second-order valence-corrected chi connectivity index (χ2v) is 6.45. The highest BCUT2D eigenvalue weighted by atomic mass is 16.5. The van der Waals surface area contributed by atoms with Crippen LogP contribution in [0.3, 0.4) is 0 Å². The van der Waals surface area contributed by atoms with Gasteiger partial charge < -0.3 is 15.0 Å². The Morgan fingerprint density at radius 3 is 2.25 bits per heavy atom. The first-order chi connectivity index (χ1) is 9.19. The molecule has 3 unspecified atom stereocenters. The largest absolute Gasteiger partial charge is 0.468 e. The first-order valence-corrected chi connectivity index (χ1v) is 7.75. The van der Waals surface area contributed by atoms with Crippen molar-refractivity contribution in [2.45, 2.75) is 72.0 Å². The SMILES string of the molecule is CCCNC(C)(CC(C)N(C)C(C)C(C)C)C(=O)OC. The highest BCUT2D eigenvalue weighted by Crippen LogP contribution is 2.21. The molecule has 0 aliphatic heterocycles. The van der Waals surface area contributed by atoms with Crippen molar-refractivity contribution in [1.29, 1.82) is 0 Å². The number of carbonyl (C=O) groups excluding carboxylic acids is 1. The van der Waals surface area contributed by atoms with Crippen LogP contribution in [-0.2, 0) is 9.53 Å². The molecule has 0 fully saturated rings. The van der Waals surface area contributed by atoms with E-state index < -0.39 is 5.54 Å². The lowest BCUT2D eigenvalue weighted by Gasteiger charge is -2.38. The van der Waals surface area contributed by atoms with Crippen LogP contribution >= 0.6 is 0 Å². The van der Waals surface area contributed by atoms with E-state index in [9.17, 15) is 4.79 Å². The van der Waals surface area contributed by atoms with Crippen molar-refractivity contribution in [3.8, 4) is 0 Å². The number of rotatable bonds is 9. The van der Waals surface area contributed by atoms with Crippen LogP contribution in [0, 0.1) is 5.92 Å². The van der Waals surface area contributed by atoms with Gasteiger partial charge >= 0.3 is 5.97 Å². The van der Waals surface area contributed by atoms with Crippen molar-refractivity contribution in [2.24, 2.45) is 5.92 Å². The summed E-state index contributed by atoms with van der Waals surface area (Å²) in [6.45, 7) is 13.7. The number of methoxy groups -OCH3 is 1. The number of nitrogens with zero attached hydrogens (tertiary/aromatic N) is 1. The van der Waals surface area contributed by atoms with Gasteiger partial charge in [0.15, 0.2) is 0 Å². The molecule has 0 aromatic carbocycles. The minimum Gasteiger partial charge on any atom is -0.468 e. The fraction of sp³-hybridized carbons (Fsp3) is 0.938. The van der Waals surface area contributed by atoms with Gasteiger partial charge in [-0.15, -0.1) is 0 Å². The van der Waals surface area contributed by atoms with Crippen LogP contribution in [0.15, 0.2) is 0 Å².